The first-order valence-electron chi connectivity index (χ1n) is 23.7. The number of nitrogens with zero attached hydrogens (tertiary/aromatic N) is 2. The summed E-state index contributed by atoms with van der Waals surface area (Å²) in [5.74, 6) is 0. The third-order valence-corrected chi connectivity index (χ3v) is 14.2. The molecule has 322 valence electrons. The molecule has 2 heterocycles. The molecule has 0 aliphatic rings. The van der Waals surface area contributed by atoms with Crippen LogP contribution in [0.15, 0.2) is 259 Å². The Hall–Kier alpha value is -9.18. The molecule has 0 amide bonds. The van der Waals surface area contributed by atoms with Crippen LogP contribution < -0.4 is 4.90 Å². The number of hydrogen-bond donors (Lipinski definition) is 0. The van der Waals surface area contributed by atoms with E-state index in [0.717, 1.165) is 88.8 Å². The van der Waals surface area contributed by atoms with Crippen LogP contribution in [0.3, 0.4) is 0 Å². The highest BCUT2D eigenvalue weighted by molar-refractivity contribution is 6.18. The van der Waals surface area contributed by atoms with Gasteiger partial charge in [-0.2, -0.15) is 0 Å². The van der Waals surface area contributed by atoms with Gasteiger partial charge in [0.2, 0.25) is 0 Å². The van der Waals surface area contributed by atoms with Crippen molar-refractivity contribution in [1.29, 1.82) is 0 Å². The van der Waals surface area contributed by atoms with E-state index in [1.165, 1.54) is 43.4 Å². The lowest BCUT2D eigenvalue weighted by Crippen LogP contribution is -2.12. The Kier molecular flexibility index (Phi) is 8.90. The predicted molar refractivity (Wildman–Crippen MR) is 292 cm³/mol. The number of para-hydroxylation sites is 5. The van der Waals surface area contributed by atoms with E-state index in [9.17, 15) is 0 Å². The van der Waals surface area contributed by atoms with Crippen LogP contribution >= 0.6 is 0 Å². The van der Waals surface area contributed by atoms with Gasteiger partial charge in [-0.3, -0.25) is 0 Å². The van der Waals surface area contributed by atoms with Crippen molar-refractivity contribution in [2.45, 2.75) is 0 Å². The minimum absolute atomic E-state index is 0.879. The normalized spacial score (nSPS) is 11.8. The van der Waals surface area contributed by atoms with Crippen molar-refractivity contribution in [2.24, 2.45) is 0 Å². The molecule has 0 bridgehead atoms. The molecule has 0 fully saturated rings. The zero-order valence-electron chi connectivity index (χ0n) is 37.6. The van der Waals surface area contributed by atoms with Crippen LogP contribution in [0.2, 0.25) is 0 Å². The predicted octanol–water partition coefficient (Wildman–Crippen LogP) is 18.6. The fourth-order valence-corrected chi connectivity index (χ4v) is 11.0. The van der Waals surface area contributed by atoms with E-state index in [1.807, 2.05) is 0 Å². The van der Waals surface area contributed by atoms with Gasteiger partial charge in [-0.15, -0.1) is 0 Å². The molecule has 0 saturated heterocycles. The summed E-state index contributed by atoms with van der Waals surface area (Å²) in [7, 11) is 0. The molecule has 0 N–H and O–H groups in total. The van der Waals surface area contributed by atoms with E-state index in [1.54, 1.807) is 0 Å². The summed E-state index contributed by atoms with van der Waals surface area (Å²) in [6.07, 6.45) is 0. The van der Waals surface area contributed by atoms with E-state index in [2.05, 4.69) is 264 Å². The molecular weight excluding hydrogens is 837 g/mol. The molecule has 0 saturated carbocycles. The molecule has 3 heteroatoms. The highest BCUT2D eigenvalue weighted by atomic mass is 16.3. The van der Waals surface area contributed by atoms with E-state index in [0.29, 0.717) is 0 Å². The molecular formula is C66H42N2O. The number of furan rings is 1. The van der Waals surface area contributed by atoms with Gasteiger partial charge >= 0.3 is 0 Å². The molecule has 0 aliphatic heterocycles. The molecule has 0 aliphatic carbocycles. The average molecular weight is 879 g/mol. The molecule has 2 aromatic heterocycles. The number of aromatic nitrogens is 1. The minimum atomic E-state index is 0.879. The van der Waals surface area contributed by atoms with E-state index >= 15 is 0 Å². The summed E-state index contributed by atoms with van der Waals surface area (Å²) in [5.41, 5.74) is 15.2. The Morgan fingerprint density at radius 3 is 1.59 bits per heavy atom. The van der Waals surface area contributed by atoms with Crippen molar-refractivity contribution >= 4 is 93.1 Å². The van der Waals surface area contributed by atoms with Gasteiger partial charge in [0.05, 0.1) is 22.4 Å². The second kappa shape index (κ2) is 15.7. The first kappa shape index (κ1) is 39.0. The lowest BCUT2D eigenvalue weighted by atomic mass is 9.95. The van der Waals surface area contributed by atoms with Gasteiger partial charge in [0.25, 0.3) is 0 Å². The van der Waals surface area contributed by atoms with Crippen LogP contribution in [0.5, 0.6) is 0 Å². The zero-order chi connectivity index (χ0) is 45.4. The fourth-order valence-electron chi connectivity index (χ4n) is 11.0. The van der Waals surface area contributed by atoms with Crippen molar-refractivity contribution in [3.8, 4) is 39.1 Å². The number of fused-ring (bicyclic) bond motifs is 11. The lowest BCUT2D eigenvalue weighted by molar-refractivity contribution is 0.674. The summed E-state index contributed by atoms with van der Waals surface area (Å²) >= 11 is 0. The van der Waals surface area contributed by atoms with Gasteiger partial charge in [-0.25, -0.2) is 0 Å². The number of anilines is 3. The average Bonchev–Trinajstić information content (AvgIpc) is 3.98. The molecule has 0 radical (unpaired) electrons. The van der Waals surface area contributed by atoms with Crippen molar-refractivity contribution in [3.63, 3.8) is 0 Å². The van der Waals surface area contributed by atoms with Crippen molar-refractivity contribution in [1.82, 2.24) is 4.57 Å². The number of rotatable bonds is 7. The highest BCUT2D eigenvalue weighted by Gasteiger charge is 2.23. The molecule has 0 unspecified atom stereocenters. The summed E-state index contributed by atoms with van der Waals surface area (Å²) in [4.78, 5) is 2.43. The molecule has 69 heavy (non-hydrogen) atoms. The van der Waals surface area contributed by atoms with Gasteiger partial charge in [0, 0.05) is 55.0 Å². The number of benzene rings is 12. The third kappa shape index (κ3) is 6.29. The maximum absolute atomic E-state index is 6.99. The van der Waals surface area contributed by atoms with Crippen LogP contribution in [-0.4, -0.2) is 4.57 Å². The van der Waals surface area contributed by atoms with E-state index < -0.39 is 0 Å². The molecule has 0 spiro atoms. The summed E-state index contributed by atoms with van der Waals surface area (Å²) < 4.78 is 9.38. The Balaban J connectivity index is 0.945. The first-order valence-corrected chi connectivity index (χ1v) is 23.7. The van der Waals surface area contributed by atoms with Gasteiger partial charge in [0.15, 0.2) is 0 Å². The first-order chi connectivity index (χ1) is 34.2. The minimum Gasteiger partial charge on any atom is -0.455 e. The van der Waals surface area contributed by atoms with E-state index in [4.69, 9.17) is 4.42 Å². The van der Waals surface area contributed by atoms with Crippen LogP contribution in [0.25, 0.3) is 115 Å². The summed E-state index contributed by atoms with van der Waals surface area (Å²) in [6, 6.07) is 92.5. The largest absolute Gasteiger partial charge is 0.455 e. The van der Waals surface area contributed by atoms with Crippen molar-refractivity contribution in [2.75, 3.05) is 4.90 Å². The third-order valence-electron chi connectivity index (χ3n) is 14.2. The Bertz CT molecular complexity index is 4270. The second-order valence-corrected chi connectivity index (χ2v) is 18.0. The summed E-state index contributed by atoms with van der Waals surface area (Å²) in [5, 5.41) is 12.0. The van der Waals surface area contributed by atoms with Crippen LogP contribution in [0.1, 0.15) is 0 Å². The van der Waals surface area contributed by atoms with Crippen LogP contribution in [0, 0.1) is 0 Å². The molecule has 3 nitrogen and oxygen atoms in total. The van der Waals surface area contributed by atoms with Gasteiger partial charge in [0.1, 0.15) is 11.2 Å². The SMILES string of the molecule is c1cc(-c2ccc(N(c3ccccc3-c3ccc4c(ccc5ccccc54)c3)c3ccccc3-c3cccc4c3oc3c5ccccc5ccc43)cc2)cc(-n2c3ccccc3c3ccccc32)c1. The zero-order valence-corrected chi connectivity index (χ0v) is 37.6. The monoisotopic (exact) mass is 878 g/mol. The molecule has 14 rings (SSSR count). The van der Waals surface area contributed by atoms with Crippen molar-refractivity contribution < 1.29 is 4.42 Å². The fraction of sp³-hybridized carbons (Fsp3) is 0. The van der Waals surface area contributed by atoms with Gasteiger partial charge in [-0.05, 0) is 104 Å². The number of hydrogen-bond acceptors (Lipinski definition) is 2. The lowest BCUT2D eigenvalue weighted by Gasteiger charge is -2.30. The Morgan fingerprint density at radius 1 is 0.290 bits per heavy atom. The molecule has 14 aromatic rings. The van der Waals surface area contributed by atoms with Crippen molar-refractivity contribution in [3.05, 3.63) is 255 Å². The Labute approximate surface area is 399 Å². The summed E-state index contributed by atoms with van der Waals surface area (Å²) in [6.45, 7) is 0. The Morgan fingerprint density at radius 2 is 0.812 bits per heavy atom. The maximum atomic E-state index is 6.99. The standard InChI is InChI=1S/C66H42N2O/c1-3-19-51-44(15-1)31-32-47-41-48(36-39-52(47)51)53-20-5-9-27-61(53)67(64-30-12-8-24-57(64)58-25-14-26-59-60-40-35-45-16-2-4-21-54(45)65(60)69-66(58)59)49-37-33-43(34-38-49)46-17-13-18-50(42-46)68-62-28-10-6-22-55(62)56-23-7-11-29-63(56)68/h1-42H. The second-order valence-electron chi connectivity index (χ2n) is 18.0. The van der Waals surface area contributed by atoms with Gasteiger partial charge in [-0.1, -0.05) is 194 Å². The van der Waals surface area contributed by atoms with Gasteiger partial charge < -0.3 is 13.9 Å². The quantitative estimate of drug-likeness (QED) is 0.149. The smallest absolute Gasteiger partial charge is 0.143 e. The molecule has 12 aromatic carbocycles. The van der Waals surface area contributed by atoms with Crippen LogP contribution in [-0.2, 0) is 0 Å². The maximum Gasteiger partial charge on any atom is 0.143 e. The highest BCUT2D eigenvalue weighted by Crippen LogP contribution is 2.48. The van der Waals surface area contributed by atoms with E-state index in [-0.39, 0.29) is 0 Å². The molecule has 0 atom stereocenters. The topological polar surface area (TPSA) is 21.3 Å². The van der Waals surface area contributed by atoms with Crippen LogP contribution in [0.4, 0.5) is 17.1 Å².